The molecule has 1 N–H and O–H groups in total. The van der Waals surface area contributed by atoms with Crippen molar-refractivity contribution in [3.8, 4) is 0 Å². The van der Waals surface area contributed by atoms with E-state index in [1.807, 2.05) is 0 Å². The van der Waals surface area contributed by atoms with Gasteiger partial charge in [0.2, 0.25) is 0 Å². The predicted molar refractivity (Wildman–Crippen MR) is 89.0 cm³/mol. The van der Waals surface area contributed by atoms with Gasteiger partial charge in [0.15, 0.2) is 0 Å². The van der Waals surface area contributed by atoms with E-state index in [2.05, 4.69) is 49.5 Å². The van der Waals surface area contributed by atoms with E-state index in [1.165, 1.54) is 15.4 Å². The summed E-state index contributed by atoms with van der Waals surface area (Å²) in [4.78, 5) is 6.03. The Hall–Kier alpha value is -1.23. The number of rotatable bonds is 8. The van der Waals surface area contributed by atoms with Crippen molar-refractivity contribution in [3.05, 3.63) is 51.5 Å². The van der Waals surface area contributed by atoms with Crippen LogP contribution in [0.25, 0.3) is 0 Å². The van der Waals surface area contributed by atoms with Crippen molar-refractivity contribution in [3.63, 3.8) is 0 Å². The number of nitrogens with one attached hydrogen (secondary N) is 1. The lowest BCUT2D eigenvalue weighted by Crippen LogP contribution is -2.25. The van der Waals surface area contributed by atoms with Crippen LogP contribution in [0.15, 0.2) is 30.3 Å². The molecule has 21 heavy (non-hydrogen) atoms. The molecule has 1 heterocycles. The first-order valence-electron chi connectivity index (χ1n) is 7.41. The smallest absolute Gasteiger partial charge is 0.110 e. The molecule has 0 bridgehead atoms. The minimum atomic E-state index is 0.303. The van der Waals surface area contributed by atoms with Gasteiger partial charge in [0.25, 0.3) is 0 Å². The van der Waals surface area contributed by atoms with Crippen LogP contribution in [-0.2, 0) is 11.2 Å². The highest BCUT2D eigenvalue weighted by Crippen LogP contribution is 2.26. The third-order valence-corrected chi connectivity index (χ3v) is 4.79. The second-order valence-corrected chi connectivity index (χ2v) is 6.45. The van der Waals surface area contributed by atoms with E-state index in [1.54, 1.807) is 18.4 Å². The Morgan fingerprint density at radius 1 is 1.24 bits per heavy atom. The van der Waals surface area contributed by atoms with E-state index in [0.717, 1.165) is 31.7 Å². The standard InChI is InChI=1S/C17H24N2OS/c1-13-14(2)21-17(19-13)16(18-11-12-20-3)10-9-15-7-5-4-6-8-15/h4-8,16,18H,9-12H2,1-3H3. The SMILES string of the molecule is COCCNC(CCc1ccccc1)c1nc(C)c(C)s1. The predicted octanol–water partition coefficient (Wildman–Crippen LogP) is 3.67. The van der Waals surface area contributed by atoms with Gasteiger partial charge in [-0.3, -0.25) is 0 Å². The Kier molecular flexibility index (Phi) is 6.36. The van der Waals surface area contributed by atoms with Crippen LogP contribution < -0.4 is 5.32 Å². The molecule has 0 aliphatic rings. The second-order valence-electron chi connectivity index (χ2n) is 5.22. The molecule has 0 aliphatic heterocycles. The molecule has 0 aliphatic carbocycles. The summed E-state index contributed by atoms with van der Waals surface area (Å²) >= 11 is 1.80. The van der Waals surface area contributed by atoms with Gasteiger partial charge in [-0.25, -0.2) is 4.98 Å². The zero-order chi connectivity index (χ0) is 15.1. The van der Waals surface area contributed by atoms with Crippen LogP contribution >= 0.6 is 11.3 Å². The summed E-state index contributed by atoms with van der Waals surface area (Å²) in [6, 6.07) is 10.9. The number of hydrogen-bond acceptors (Lipinski definition) is 4. The van der Waals surface area contributed by atoms with E-state index >= 15 is 0 Å². The van der Waals surface area contributed by atoms with Gasteiger partial charge in [0, 0.05) is 18.5 Å². The van der Waals surface area contributed by atoms with Crippen molar-refractivity contribution in [1.29, 1.82) is 0 Å². The molecule has 0 radical (unpaired) electrons. The lowest BCUT2D eigenvalue weighted by Gasteiger charge is -2.16. The van der Waals surface area contributed by atoms with E-state index < -0.39 is 0 Å². The minimum absolute atomic E-state index is 0.303. The highest BCUT2D eigenvalue weighted by atomic mass is 32.1. The summed E-state index contributed by atoms with van der Waals surface area (Å²) in [5.41, 5.74) is 2.52. The molecule has 0 saturated carbocycles. The van der Waals surface area contributed by atoms with Gasteiger partial charge in [-0.05, 0) is 32.3 Å². The first-order valence-corrected chi connectivity index (χ1v) is 8.22. The number of aromatic nitrogens is 1. The topological polar surface area (TPSA) is 34.1 Å². The van der Waals surface area contributed by atoms with Crippen LogP contribution in [0, 0.1) is 13.8 Å². The minimum Gasteiger partial charge on any atom is -0.383 e. The number of aryl methyl sites for hydroxylation is 3. The molecule has 1 aromatic heterocycles. The van der Waals surface area contributed by atoms with Crippen molar-refractivity contribution < 1.29 is 4.74 Å². The third-order valence-electron chi connectivity index (χ3n) is 3.60. The summed E-state index contributed by atoms with van der Waals surface area (Å²) in [7, 11) is 1.73. The average Bonchev–Trinajstić information content (AvgIpc) is 2.83. The molecule has 1 aromatic carbocycles. The molecule has 114 valence electrons. The number of hydrogen-bond donors (Lipinski definition) is 1. The van der Waals surface area contributed by atoms with Crippen molar-refractivity contribution in [2.24, 2.45) is 0 Å². The van der Waals surface area contributed by atoms with E-state index in [-0.39, 0.29) is 0 Å². The molecule has 3 nitrogen and oxygen atoms in total. The average molecular weight is 304 g/mol. The Bertz CT molecular complexity index is 519. The van der Waals surface area contributed by atoms with Crippen molar-refractivity contribution >= 4 is 11.3 Å². The van der Waals surface area contributed by atoms with Gasteiger partial charge in [-0.15, -0.1) is 11.3 Å². The first kappa shape index (κ1) is 16.1. The summed E-state index contributed by atoms with van der Waals surface area (Å²) < 4.78 is 5.14. The largest absolute Gasteiger partial charge is 0.383 e. The zero-order valence-electron chi connectivity index (χ0n) is 13.1. The zero-order valence-corrected chi connectivity index (χ0v) is 13.9. The lowest BCUT2D eigenvalue weighted by atomic mass is 10.1. The van der Waals surface area contributed by atoms with Crippen LogP contribution in [0.4, 0.5) is 0 Å². The highest BCUT2D eigenvalue weighted by Gasteiger charge is 2.16. The Morgan fingerprint density at radius 3 is 2.62 bits per heavy atom. The van der Waals surface area contributed by atoms with Crippen molar-refractivity contribution in [1.82, 2.24) is 10.3 Å². The van der Waals surface area contributed by atoms with E-state index in [9.17, 15) is 0 Å². The molecule has 2 rings (SSSR count). The molecule has 0 saturated heterocycles. The normalized spacial score (nSPS) is 12.5. The summed E-state index contributed by atoms with van der Waals surface area (Å²) in [6.07, 6.45) is 2.11. The summed E-state index contributed by atoms with van der Waals surface area (Å²) in [5, 5.41) is 4.76. The molecule has 1 atom stereocenters. The quantitative estimate of drug-likeness (QED) is 0.756. The molecular formula is C17H24N2OS. The van der Waals surface area contributed by atoms with Crippen LogP contribution in [0.2, 0.25) is 0 Å². The van der Waals surface area contributed by atoms with Crippen LogP contribution in [-0.4, -0.2) is 25.2 Å². The van der Waals surface area contributed by atoms with Gasteiger partial charge in [-0.1, -0.05) is 30.3 Å². The fourth-order valence-electron chi connectivity index (χ4n) is 2.25. The highest BCUT2D eigenvalue weighted by molar-refractivity contribution is 7.11. The van der Waals surface area contributed by atoms with Crippen molar-refractivity contribution in [2.45, 2.75) is 32.7 Å². The van der Waals surface area contributed by atoms with Crippen LogP contribution in [0.1, 0.15) is 33.6 Å². The monoisotopic (exact) mass is 304 g/mol. The molecule has 2 aromatic rings. The lowest BCUT2D eigenvalue weighted by molar-refractivity contribution is 0.195. The maximum atomic E-state index is 5.14. The van der Waals surface area contributed by atoms with Gasteiger partial charge >= 0.3 is 0 Å². The summed E-state index contributed by atoms with van der Waals surface area (Å²) in [5.74, 6) is 0. The van der Waals surface area contributed by atoms with Gasteiger partial charge in [0.05, 0.1) is 18.3 Å². The number of ether oxygens (including phenoxy) is 1. The number of methoxy groups -OCH3 is 1. The second kappa shape index (κ2) is 8.27. The molecule has 0 fully saturated rings. The fourth-order valence-corrected chi connectivity index (χ4v) is 3.28. The molecule has 0 spiro atoms. The van der Waals surface area contributed by atoms with Crippen molar-refractivity contribution in [2.75, 3.05) is 20.3 Å². The molecular weight excluding hydrogens is 280 g/mol. The van der Waals surface area contributed by atoms with Gasteiger partial charge in [-0.2, -0.15) is 0 Å². The van der Waals surface area contributed by atoms with Gasteiger partial charge in [0.1, 0.15) is 5.01 Å². The van der Waals surface area contributed by atoms with Crippen LogP contribution in [0.5, 0.6) is 0 Å². The first-order chi connectivity index (χ1) is 10.2. The number of benzene rings is 1. The third kappa shape index (κ3) is 4.92. The number of thiazole rings is 1. The Labute approximate surface area is 131 Å². The number of nitrogens with zero attached hydrogens (tertiary/aromatic N) is 1. The van der Waals surface area contributed by atoms with E-state index in [0.29, 0.717) is 6.04 Å². The van der Waals surface area contributed by atoms with E-state index in [4.69, 9.17) is 9.72 Å². The Balaban J connectivity index is 2.01. The van der Waals surface area contributed by atoms with Gasteiger partial charge < -0.3 is 10.1 Å². The maximum Gasteiger partial charge on any atom is 0.110 e. The Morgan fingerprint density at radius 2 is 2.00 bits per heavy atom. The summed E-state index contributed by atoms with van der Waals surface area (Å²) in [6.45, 7) is 5.80. The molecule has 1 unspecified atom stereocenters. The van der Waals surface area contributed by atoms with Crippen LogP contribution in [0.3, 0.4) is 0 Å². The maximum absolute atomic E-state index is 5.14. The molecule has 4 heteroatoms. The molecule has 0 amide bonds. The fraction of sp³-hybridized carbons (Fsp3) is 0.471.